The minimum Gasteiger partial charge on any atom is -0.481 e. The van der Waals surface area contributed by atoms with Crippen LogP contribution in [0.1, 0.15) is 24.0 Å². The van der Waals surface area contributed by atoms with Gasteiger partial charge in [-0.3, -0.25) is 4.79 Å². The zero-order valence-electron chi connectivity index (χ0n) is 13.6. The highest BCUT2D eigenvalue weighted by Gasteiger charge is 2.60. The predicted molar refractivity (Wildman–Crippen MR) is 92.2 cm³/mol. The highest BCUT2D eigenvalue weighted by molar-refractivity contribution is 5.77. The van der Waals surface area contributed by atoms with Gasteiger partial charge in [0.2, 0.25) is 0 Å². The first-order chi connectivity index (χ1) is 11.5. The SMILES string of the molecule is NC(O)(C1CC1)C(Cc1ccccc1)(Cc1ccccc1)C(=O)O. The first-order valence-electron chi connectivity index (χ1n) is 8.28. The lowest BCUT2D eigenvalue weighted by Gasteiger charge is -2.42. The van der Waals surface area contributed by atoms with E-state index in [-0.39, 0.29) is 18.8 Å². The maximum absolute atomic E-state index is 12.4. The summed E-state index contributed by atoms with van der Waals surface area (Å²) in [7, 11) is 0. The van der Waals surface area contributed by atoms with Gasteiger partial charge in [-0.05, 0) is 36.8 Å². The van der Waals surface area contributed by atoms with Crippen LogP contribution in [0, 0.1) is 11.3 Å². The Bertz CT molecular complexity index is 652. The van der Waals surface area contributed by atoms with E-state index in [1.807, 2.05) is 60.7 Å². The molecule has 1 saturated carbocycles. The molecule has 4 nitrogen and oxygen atoms in total. The summed E-state index contributed by atoms with van der Waals surface area (Å²) in [6, 6.07) is 18.8. The van der Waals surface area contributed by atoms with E-state index in [2.05, 4.69) is 0 Å². The summed E-state index contributed by atoms with van der Waals surface area (Å²) >= 11 is 0. The van der Waals surface area contributed by atoms with Crippen molar-refractivity contribution in [3.8, 4) is 0 Å². The number of carboxylic acids is 1. The second-order valence-corrected chi connectivity index (χ2v) is 6.81. The molecule has 0 bridgehead atoms. The van der Waals surface area contributed by atoms with Crippen LogP contribution < -0.4 is 5.73 Å². The smallest absolute Gasteiger partial charge is 0.314 e. The van der Waals surface area contributed by atoms with Crippen molar-refractivity contribution in [1.82, 2.24) is 0 Å². The molecule has 3 rings (SSSR count). The van der Waals surface area contributed by atoms with Gasteiger partial charge in [0.1, 0.15) is 11.1 Å². The maximum atomic E-state index is 12.4. The average molecular weight is 325 g/mol. The fourth-order valence-electron chi connectivity index (χ4n) is 3.47. The van der Waals surface area contributed by atoms with Crippen LogP contribution in [0.4, 0.5) is 0 Å². The van der Waals surface area contributed by atoms with E-state index in [1.165, 1.54) is 0 Å². The molecule has 0 saturated heterocycles. The van der Waals surface area contributed by atoms with Gasteiger partial charge in [-0.25, -0.2) is 0 Å². The quantitative estimate of drug-likeness (QED) is 0.683. The van der Waals surface area contributed by atoms with E-state index in [9.17, 15) is 15.0 Å². The Balaban J connectivity index is 2.04. The van der Waals surface area contributed by atoms with Crippen LogP contribution >= 0.6 is 0 Å². The third-order valence-corrected chi connectivity index (χ3v) is 5.07. The molecule has 0 aromatic heterocycles. The highest BCUT2D eigenvalue weighted by atomic mass is 16.4. The lowest BCUT2D eigenvalue weighted by atomic mass is 9.67. The van der Waals surface area contributed by atoms with Gasteiger partial charge in [-0.2, -0.15) is 0 Å². The van der Waals surface area contributed by atoms with Crippen molar-refractivity contribution in [1.29, 1.82) is 0 Å². The summed E-state index contributed by atoms with van der Waals surface area (Å²) in [6.07, 6.45) is 1.93. The van der Waals surface area contributed by atoms with Gasteiger partial charge in [-0.1, -0.05) is 60.7 Å². The van der Waals surface area contributed by atoms with Gasteiger partial charge in [0.15, 0.2) is 0 Å². The second kappa shape index (κ2) is 6.38. The Labute approximate surface area is 141 Å². The summed E-state index contributed by atoms with van der Waals surface area (Å²) in [4.78, 5) is 12.4. The molecular formula is C20H23NO3. The third kappa shape index (κ3) is 3.07. The average Bonchev–Trinajstić information content (AvgIpc) is 3.41. The Hall–Kier alpha value is -2.17. The fraction of sp³-hybridized carbons (Fsp3) is 0.350. The number of hydrogen-bond acceptors (Lipinski definition) is 3. The number of carboxylic acid groups (broad SMARTS) is 1. The van der Waals surface area contributed by atoms with Gasteiger partial charge in [0.05, 0.1) is 0 Å². The molecule has 0 aliphatic heterocycles. The van der Waals surface area contributed by atoms with Crippen molar-refractivity contribution in [2.24, 2.45) is 17.1 Å². The molecule has 2 aromatic carbocycles. The molecule has 1 unspecified atom stereocenters. The zero-order chi connectivity index (χ0) is 17.2. The number of carbonyl (C=O) groups is 1. The van der Waals surface area contributed by atoms with Crippen molar-refractivity contribution in [3.63, 3.8) is 0 Å². The number of rotatable bonds is 7. The summed E-state index contributed by atoms with van der Waals surface area (Å²) in [6.45, 7) is 0. The second-order valence-electron chi connectivity index (χ2n) is 6.81. The molecule has 126 valence electrons. The van der Waals surface area contributed by atoms with Gasteiger partial charge in [-0.15, -0.1) is 0 Å². The number of hydrogen-bond donors (Lipinski definition) is 3. The van der Waals surface area contributed by atoms with E-state index in [1.54, 1.807) is 0 Å². The van der Waals surface area contributed by atoms with Gasteiger partial charge in [0, 0.05) is 5.92 Å². The molecule has 0 spiro atoms. The first kappa shape index (κ1) is 16.7. The molecule has 0 heterocycles. The van der Waals surface area contributed by atoms with Crippen LogP contribution in [-0.2, 0) is 17.6 Å². The Morgan fingerprint density at radius 1 is 0.958 bits per heavy atom. The van der Waals surface area contributed by atoms with Gasteiger partial charge >= 0.3 is 5.97 Å². The Morgan fingerprint density at radius 3 is 1.71 bits per heavy atom. The molecule has 24 heavy (non-hydrogen) atoms. The standard InChI is InChI=1S/C20H23NO3/c21-20(24,17-11-12-17)19(18(22)23,13-15-7-3-1-4-8-15)14-16-9-5-2-6-10-16/h1-10,17,24H,11-14,21H2,(H,22,23). The van der Waals surface area contributed by atoms with Crippen molar-refractivity contribution >= 4 is 5.97 Å². The maximum Gasteiger partial charge on any atom is 0.314 e. The molecule has 1 fully saturated rings. The Morgan fingerprint density at radius 2 is 1.38 bits per heavy atom. The van der Waals surface area contributed by atoms with Crippen molar-refractivity contribution in [3.05, 3.63) is 71.8 Å². The van der Waals surface area contributed by atoms with Crippen LogP contribution in [0.2, 0.25) is 0 Å². The zero-order valence-corrected chi connectivity index (χ0v) is 13.6. The normalized spacial score (nSPS) is 17.2. The fourth-order valence-corrected chi connectivity index (χ4v) is 3.47. The minimum absolute atomic E-state index is 0.166. The number of nitrogens with two attached hydrogens (primary N) is 1. The molecule has 1 aliphatic carbocycles. The molecular weight excluding hydrogens is 302 g/mol. The number of benzene rings is 2. The molecule has 4 heteroatoms. The molecule has 0 amide bonds. The molecule has 1 aliphatic rings. The number of aliphatic hydroxyl groups is 1. The lowest BCUT2D eigenvalue weighted by molar-refractivity contribution is -0.173. The Kier molecular flexibility index (Phi) is 4.43. The monoisotopic (exact) mass is 325 g/mol. The third-order valence-electron chi connectivity index (χ3n) is 5.07. The van der Waals surface area contributed by atoms with Crippen molar-refractivity contribution < 1.29 is 15.0 Å². The van der Waals surface area contributed by atoms with Crippen LogP contribution in [0.25, 0.3) is 0 Å². The van der Waals surface area contributed by atoms with Crippen LogP contribution in [-0.4, -0.2) is 21.9 Å². The van der Waals surface area contributed by atoms with E-state index >= 15 is 0 Å². The summed E-state index contributed by atoms with van der Waals surface area (Å²) in [5.41, 5.74) is 4.79. The first-order valence-corrected chi connectivity index (χ1v) is 8.28. The molecule has 0 radical (unpaired) electrons. The van der Waals surface area contributed by atoms with E-state index in [0.717, 1.165) is 24.0 Å². The van der Waals surface area contributed by atoms with Crippen LogP contribution in [0.15, 0.2) is 60.7 Å². The van der Waals surface area contributed by atoms with Crippen molar-refractivity contribution in [2.45, 2.75) is 31.4 Å². The van der Waals surface area contributed by atoms with Crippen LogP contribution in [0.5, 0.6) is 0 Å². The van der Waals surface area contributed by atoms with E-state index < -0.39 is 17.1 Å². The molecule has 4 N–H and O–H groups in total. The molecule has 2 aromatic rings. The largest absolute Gasteiger partial charge is 0.481 e. The summed E-state index contributed by atoms with van der Waals surface area (Å²) in [5, 5.41) is 21.2. The predicted octanol–water partition coefficient (Wildman–Crippen LogP) is 2.60. The van der Waals surface area contributed by atoms with Gasteiger partial charge < -0.3 is 15.9 Å². The number of aliphatic carboxylic acids is 1. The van der Waals surface area contributed by atoms with Crippen molar-refractivity contribution in [2.75, 3.05) is 0 Å². The van der Waals surface area contributed by atoms with Gasteiger partial charge in [0.25, 0.3) is 0 Å². The van der Waals surface area contributed by atoms with E-state index in [0.29, 0.717) is 0 Å². The topological polar surface area (TPSA) is 83.5 Å². The molecule has 1 atom stereocenters. The van der Waals surface area contributed by atoms with E-state index in [4.69, 9.17) is 5.73 Å². The minimum atomic E-state index is -1.75. The summed E-state index contributed by atoms with van der Waals surface area (Å²) in [5.74, 6) is -1.21. The lowest BCUT2D eigenvalue weighted by Crippen LogP contribution is -2.63. The highest BCUT2D eigenvalue weighted by Crippen LogP contribution is 2.49. The van der Waals surface area contributed by atoms with Crippen LogP contribution in [0.3, 0.4) is 0 Å². The summed E-state index contributed by atoms with van der Waals surface area (Å²) < 4.78 is 0.